The van der Waals surface area contributed by atoms with E-state index < -0.39 is 22.5 Å². The minimum Gasteiger partial charge on any atom is -0.271 e. The summed E-state index contributed by atoms with van der Waals surface area (Å²) in [4.78, 5) is 13.0. The summed E-state index contributed by atoms with van der Waals surface area (Å²) in [5.41, 5.74) is 6.28. The Kier molecular flexibility index (Phi) is 8.25. The summed E-state index contributed by atoms with van der Waals surface area (Å²) in [6, 6.07) is 21.5. The first kappa shape index (κ1) is 24.9. The number of para-hydroxylation sites is 1. The van der Waals surface area contributed by atoms with Gasteiger partial charge < -0.3 is 0 Å². The highest BCUT2D eigenvalue weighted by Gasteiger charge is 2.28. The first-order chi connectivity index (χ1) is 15.7. The van der Waals surface area contributed by atoms with Crippen molar-refractivity contribution in [2.24, 2.45) is 5.10 Å². The van der Waals surface area contributed by atoms with E-state index in [2.05, 4.69) is 33.1 Å². The van der Waals surface area contributed by atoms with Gasteiger partial charge in [0.2, 0.25) is 0 Å². The van der Waals surface area contributed by atoms with Gasteiger partial charge in [0.05, 0.1) is 16.3 Å². The molecule has 0 heterocycles. The number of hydrazone groups is 1. The number of anilines is 1. The van der Waals surface area contributed by atoms with Gasteiger partial charge in [0.15, 0.2) is 0 Å². The standard InChI is InChI=1S/C25H26IN3O3S/c1-4-20-8-5-6-11-24(20)29(33(31,32)23-14-12-18(2)13-15-23)17-25(30)28-27-19(3)21-9-7-10-22(26)16-21/h5-16H,4,17H2,1-3H3,(H,28,30)/b27-19+. The molecule has 6 nitrogen and oxygen atoms in total. The SMILES string of the molecule is CCc1ccccc1N(CC(=O)N/N=C(\C)c1cccc(I)c1)S(=O)(=O)c1ccc(C)cc1. The number of rotatable bonds is 8. The van der Waals surface area contributed by atoms with Crippen LogP contribution in [0.5, 0.6) is 0 Å². The molecule has 0 unspecified atom stereocenters. The molecule has 3 rings (SSSR count). The van der Waals surface area contributed by atoms with Gasteiger partial charge in [-0.05, 0) is 84.3 Å². The normalized spacial score (nSPS) is 11.8. The molecule has 0 bridgehead atoms. The summed E-state index contributed by atoms with van der Waals surface area (Å²) in [6.45, 7) is 5.24. The molecule has 3 aromatic rings. The number of sulfonamides is 1. The molecule has 0 fully saturated rings. The van der Waals surface area contributed by atoms with Crippen LogP contribution in [0.2, 0.25) is 0 Å². The maximum atomic E-state index is 13.6. The molecular formula is C25H26IN3O3S. The van der Waals surface area contributed by atoms with E-state index >= 15 is 0 Å². The van der Waals surface area contributed by atoms with Gasteiger partial charge in [-0.3, -0.25) is 9.10 Å². The minimum atomic E-state index is -3.97. The molecule has 0 spiro atoms. The molecule has 33 heavy (non-hydrogen) atoms. The third-order valence-electron chi connectivity index (χ3n) is 5.13. The zero-order valence-electron chi connectivity index (χ0n) is 18.7. The minimum absolute atomic E-state index is 0.130. The summed E-state index contributed by atoms with van der Waals surface area (Å²) in [6.07, 6.45) is 0.627. The number of hydrogen-bond donors (Lipinski definition) is 1. The molecule has 0 saturated heterocycles. The molecule has 0 aromatic heterocycles. The molecule has 0 atom stereocenters. The number of nitrogens with zero attached hydrogens (tertiary/aromatic N) is 2. The van der Waals surface area contributed by atoms with E-state index in [0.29, 0.717) is 17.8 Å². The third kappa shape index (κ3) is 6.20. The fourth-order valence-electron chi connectivity index (χ4n) is 3.28. The lowest BCUT2D eigenvalue weighted by Crippen LogP contribution is -2.40. The summed E-state index contributed by atoms with van der Waals surface area (Å²) in [7, 11) is -3.97. The van der Waals surface area contributed by atoms with Crippen LogP contribution in [0.25, 0.3) is 0 Å². The number of carbonyl (C=O) groups is 1. The van der Waals surface area contributed by atoms with Crippen LogP contribution in [0, 0.1) is 10.5 Å². The Balaban J connectivity index is 1.92. The molecule has 1 N–H and O–H groups in total. The number of halogens is 1. The number of nitrogens with one attached hydrogen (secondary N) is 1. The number of hydrogen-bond acceptors (Lipinski definition) is 4. The van der Waals surface area contributed by atoms with Crippen molar-refractivity contribution < 1.29 is 13.2 Å². The lowest BCUT2D eigenvalue weighted by atomic mass is 10.1. The molecule has 0 aliphatic heterocycles. The number of aryl methyl sites for hydroxylation is 2. The highest BCUT2D eigenvalue weighted by atomic mass is 127. The number of carbonyl (C=O) groups excluding carboxylic acids is 1. The van der Waals surface area contributed by atoms with Gasteiger partial charge >= 0.3 is 0 Å². The molecule has 172 valence electrons. The van der Waals surface area contributed by atoms with Gasteiger partial charge in [-0.2, -0.15) is 5.10 Å². The van der Waals surface area contributed by atoms with Gasteiger partial charge in [0.1, 0.15) is 6.54 Å². The summed E-state index contributed by atoms with van der Waals surface area (Å²) in [5, 5.41) is 4.18. The Hall–Kier alpha value is -2.72. The van der Waals surface area contributed by atoms with Crippen molar-refractivity contribution in [1.29, 1.82) is 0 Å². The van der Waals surface area contributed by atoms with Crippen molar-refractivity contribution in [3.8, 4) is 0 Å². The highest BCUT2D eigenvalue weighted by Crippen LogP contribution is 2.27. The van der Waals surface area contributed by atoms with E-state index in [4.69, 9.17) is 0 Å². The maximum Gasteiger partial charge on any atom is 0.264 e. The van der Waals surface area contributed by atoms with Crippen LogP contribution in [-0.2, 0) is 21.2 Å². The fraction of sp³-hybridized carbons (Fsp3) is 0.200. The van der Waals surface area contributed by atoms with Gasteiger partial charge in [0.25, 0.3) is 15.9 Å². The molecule has 0 aliphatic carbocycles. The molecule has 3 aromatic carbocycles. The Morgan fingerprint density at radius 3 is 2.39 bits per heavy atom. The van der Waals surface area contributed by atoms with Crippen molar-refractivity contribution in [2.45, 2.75) is 32.1 Å². The summed E-state index contributed by atoms with van der Waals surface area (Å²) in [5.74, 6) is -0.526. The number of benzene rings is 3. The summed E-state index contributed by atoms with van der Waals surface area (Å²) >= 11 is 2.21. The quantitative estimate of drug-likeness (QED) is 0.236. The molecule has 1 amide bonds. The Labute approximate surface area is 208 Å². The van der Waals surface area contributed by atoms with Crippen LogP contribution in [-0.4, -0.2) is 26.6 Å². The van der Waals surface area contributed by atoms with E-state index in [1.807, 2.05) is 50.2 Å². The Morgan fingerprint density at radius 2 is 1.73 bits per heavy atom. The van der Waals surface area contributed by atoms with E-state index in [0.717, 1.165) is 24.6 Å². The molecule has 0 radical (unpaired) electrons. The van der Waals surface area contributed by atoms with E-state index in [1.54, 1.807) is 43.3 Å². The predicted octanol–water partition coefficient (Wildman–Crippen LogP) is 4.90. The van der Waals surface area contributed by atoms with Crippen molar-refractivity contribution >= 4 is 49.9 Å². The van der Waals surface area contributed by atoms with Crippen LogP contribution >= 0.6 is 22.6 Å². The van der Waals surface area contributed by atoms with E-state index in [9.17, 15) is 13.2 Å². The zero-order chi connectivity index (χ0) is 24.0. The largest absolute Gasteiger partial charge is 0.271 e. The topological polar surface area (TPSA) is 78.8 Å². The second-order valence-corrected chi connectivity index (χ2v) is 10.7. The highest BCUT2D eigenvalue weighted by molar-refractivity contribution is 14.1. The predicted molar refractivity (Wildman–Crippen MR) is 141 cm³/mol. The van der Waals surface area contributed by atoms with Gasteiger partial charge in [-0.15, -0.1) is 0 Å². The average molecular weight is 575 g/mol. The molecule has 8 heteroatoms. The van der Waals surface area contributed by atoms with Crippen LogP contribution in [0.4, 0.5) is 5.69 Å². The van der Waals surface area contributed by atoms with E-state index in [1.165, 1.54) is 0 Å². The lowest BCUT2D eigenvalue weighted by Gasteiger charge is -2.26. The zero-order valence-corrected chi connectivity index (χ0v) is 21.7. The van der Waals surface area contributed by atoms with Gasteiger partial charge in [-0.25, -0.2) is 13.8 Å². The van der Waals surface area contributed by atoms with Crippen LogP contribution in [0.1, 0.15) is 30.5 Å². The molecular weight excluding hydrogens is 549 g/mol. The summed E-state index contributed by atoms with van der Waals surface area (Å²) < 4.78 is 29.3. The van der Waals surface area contributed by atoms with Crippen LogP contribution in [0.15, 0.2) is 82.8 Å². The van der Waals surface area contributed by atoms with E-state index in [-0.39, 0.29) is 4.90 Å². The van der Waals surface area contributed by atoms with Crippen molar-refractivity contribution in [3.05, 3.63) is 93.1 Å². The van der Waals surface area contributed by atoms with Crippen molar-refractivity contribution in [2.75, 3.05) is 10.8 Å². The Morgan fingerprint density at radius 1 is 1.03 bits per heavy atom. The second-order valence-electron chi connectivity index (χ2n) is 7.55. The average Bonchev–Trinajstić information content (AvgIpc) is 2.81. The first-order valence-electron chi connectivity index (χ1n) is 10.5. The van der Waals surface area contributed by atoms with Crippen molar-refractivity contribution in [1.82, 2.24) is 5.43 Å². The lowest BCUT2D eigenvalue weighted by molar-refractivity contribution is -0.119. The van der Waals surface area contributed by atoms with Crippen LogP contribution in [0.3, 0.4) is 0 Å². The first-order valence-corrected chi connectivity index (χ1v) is 13.0. The molecule has 0 aliphatic rings. The van der Waals surface area contributed by atoms with Crippen LogP contribution < -0.4 is 9.73 Å². The maximum absolute atomic E-state index is 13.6. The second kappa shape index (κ2) is 10.9. The van der Waals surface area contributed by atoms with Gasteiger partial charge in [-0.1, -0.05) is 55.0 Å². The Bertz CT molecular complexity index is 1270. The fourth-order valence-corrected chi connectivity index (χ4v) is 5.28. The third-order valence-corrected chi connectivity index (χ3v) is 7.57. The smallest absolute Gasteiger partial charge is 0.264 e. The molecule has 0 saturated carbocycles. The van der Waals surface area contributed by atoms with Gasteiger partial charge in [0, 0.05) is 3.57 Å². The number of amides is 1. The monoisotopic (exact) mass is 575 g/mol. The van der Waals surface area contributed by atoms with Crippen molar-refractivity contribution in [3.63, 3.8) is 0 Å².